The van der Waals surface area contributed by atoms with Crippen LogP contribution in [0.5, 0.6) is 11.5 Å². The topological polar surface area (TPSA) is 94.2 Å². The number of carbonyl (C=O) groups excluding carboxylic acids is 1. The summed E-state index contributed by atoms with van der Waals surface area (Å²) in [6, 6.07) is 11.7. The summed E-state index contributed by atoms with van der Waals surface area (Å²) >= 11 is 3.30. The molecule has 3 rings (SSSR count). The second kappa shape index (κ2) is 7.60. The van der Waals surface area contributed by atoms with Crippen molar-refractivity contribution in [1.82, 2.24) is 9.78 Å². The number of hydrogen-bond acceptors (Lipinski definition) is 6. The maximum atomic E-state index is 12.8. The van der Waals surface area contributed by atoms with E-state index < -0.39 is 5.97 Å². The third kappa shape index (κ3) is 3.55. The minimum Gasteiger partial charge on any atom is -0.490 e. The lowest BCUT2D eigenvalue weighted by atomic mass is 10.1. The Bertz CT molecular complexity index is 1150. The molecule has 7 nitrogen and oxygen atoms in total. The third-order valence-corrected chi connectivity index (χ3v) is 4.37. The van der Waals surface area contributed by atoms with Crippen LogP contribution in [0.1, 0.15) is 23.0 Å². The molecule has 1 aromatic heterocycles. The number of benzene rings is 2. The van der Waals surface area contributed by atoms with E-state index in [4.69, 9.17) is 14.7 Å². The highest BCUT2D eigenvalue weighted by atomic mass is 79.9. The molecule has 0 saturated carbocycles. The van der Waals surface area contributed by atoms with Crippen molar-refractivity contribution in [2.75, 3.05) is 6.61 Å². The van der Waals surface area contributed by atoms with Crippen molar-refractivity contribution in [3.8, 4) is 17.6 Å². The van der Waals surface area contributed by atoms with Crippen LogP contribution in [0.3, 0.4) is 0 Å². The van der Waals surface area contributed by atoms with Gasteiger partial charge in [0.15, 0.2) is 17.2 Å². The number of aryl methyl sites for hydroxylation is 1. The van der Waals surface area contributed by atoms with E-state index in [1.54, 1.807) is 31.2 Å². The number of nitrogens with zero attached hydrogens (tertiary/aromatic N) is 3. The summed E-state index contributed by atoms with van der Waals surface area (Å²) in [6.45, 7) is 2.10. The quantitative estimate of drug-likeness (QED) is 0.468. The minimum atomic E-state index is -0.742. The van der Waals surface area contributed by atoms with Crippen molar-refractivity contribution in [3.63, 3.8) is 0 Å². The Balaban J connectivity index is 2.10. The Kier molecular flexibility index (Phi) is 5.23. The summed E-state index contributed by atoms with van der Waals surface area (Å²) in [5.41, 5.74) is 0.0546. The van der Waals surface area contributed by atoms with Crippen molar-refractivity contribution in [2.24, 2.45) is 7.05 Å². The van der Waals surface area contributed by atoms with Gasteiger partial charge in [-0.05, 0) is 35.0 Å². The van der Waals surface area contributed by atoms with Crippen molar-refractivity contribution in [2.45, 2.75) is 6.92 Å². The fourth-order valence-electron chi connectivity index (χ4n) is 2.59. The monoisotopic (exact) mass is 427 g/mol. The molecule has 0 N–H and O–H groups in total. The lowest BCUT2D eigenvalue weighted by Crippen LogP contribution is -2.24. The summed E-state index contributed by atoms with van der Waals surface area (Å²) in [6.07, 6.45) is 0. The van der Waals surface area contributed by atoms with E-state index in [-0.39, 0.29) is 22.8 Å². The first-order chi connectivity index (χ1) is 13.0. The van der Waals surface area contributed by atoms with Gasteiger partial charge in [0, 0.05) is 18.5 Å². The molecule has 0 aliphatic heterocycles. The van der Waals surface area contributed by atoms with Gasteiger partial charge in [-0.3, -0.25) is 4.79 Å². The molecule has 0 fully saturated rings. The average molecular weight is 428 g/mol. The van der Waals surface area contributed by atoms with Crippen molar-refractivity contribution in [3.05, 3.63) is 62.5 Å². The standard InChI is InChI=1S/C19H14BrN3O4/c1-3-26-15-9-11(10-21)8-14(20)17(15)27-19(25)16-12-6-4-5-7-13(12)18(24)23(2)22-16/h4-9H,3H2,1-2H3. The van der Waals surface area contributed by atoms with Crippen LogP contribution in [-0.4, -0.2) is 22.4 Å². The predicted molar refractivity (Wildman–Crippen MR) is 102 cm³/mol. The van der Waals surface area contributed by atoms with Crippen LogP contribution in [-0.2, 0) is 7.05 Å². The largest absolute Gasteiger partial charge is 0.490 e. The van der Waals surface area contributed by atoms with Crippen LogP contribution in [0.4, 0.5) is 0 Å². The predicted octanol–water partition coefficient (Wildman–Crippen LogP) is 3.19. The SMILES string of the molecule is CCOc1cc(C#N)cc(Br)c1OC(=O)c1nn(C)c(=O)c2ccccc12. The summed E-state index contributed by atoms with van der Waals surface area (Å²) < 4.78 is 12.5. The van der Waals surface area contributed by atoms with Crippen LogP contribution in [0.2, 0.25) is 0 Å². The Labute approximate surface area is 162 Å². The molecule has 0 radical (unpaired) electrons. The molecule has 136 valence electrons. The smallest absolute Gasteiger partial charge is 0.365 e. The van der Waals surface area contributed by atoms with Gasteiger partial charge >= 0.3 is 5.97 Å². The molecule has 0 spiro atoms. The van der Waals surface area contributed by atoms with E-state index in [0.717, 1.165) is 4.68 Å². The van der Waals surface area contributed by atoms with Crippen molar-refractivity contribution < 1.29 is 14.3 Å². The Morgan fingerprint density at radius 2 is 2.00 bits per heavy atom. The average Bonchev–Trinajstić information content (AvgIpc) is 2.67. The zero-order valence-corrected chi connectivity index (χ0v) is 16.1. The number of esters is 1. The molecule has 0 aliphatic carbocycles. The van der Waals surface area contributed by atoms with E-state index in [2.05, 4.69) is 21.0 Å². The first-order valence-corrected chi connectivity index (χ1v) is 8.80. The molecule has 0 bridgehead atoms. The highest BCUT2D eigenvalue weighted by Crippen LogP contribution is 2.37. The zero-order chi connectivity index (χ0) is 19.6. The van der Waals surface area contributed by atoms with E-state index >= 15 is 0 Å². The molecule has 1 heterocycles. The van der Waals surface area contributed by atoms with Gasteiger partial charge in [0.25, 0.3) is 5.56 Å². The molecular weight excluding hydrogens is 414 g/mol. The second-order valence-electron chi connectivity index (χ2n) is 5.54. The first-order valence-electron chi connectivity index (χ1n) is 8.01. The number of fused-ring (bicyclic) bond motifs is 1. The molecule has 8 heteroatoms. The van der Waals surface area contributed by atoms with Crippen molar-refractivity contribution in [1.29, 1.82) is 5.26 Å². The van der Waals surface area contributed by atoms with E-state index in [0.29, 0.717) is 27.4 Å². The molecule has 0 saturated heterocycles. The molecule has 0 unspecified atom stereocenters. The molecular formula is C19H14BrN3O4. The molecule has 3 aromatic rings. The lowest BCUT2D eigenvalue weighted by molar-refractivity contribution is 0.0720. The highest BCUT2D eigenvalue weighted by molar-refractivity contribution is 9.10. The fraction of sp³-hybridized carbons (Fsp3) is 0.158. The van der Waals surface area contributed by atoms with Gasteiger partial charge < -0.3 is 9.47 Å². The van der Waals surface area contributed by atoms with Gasteiger partial charge in [-0.1, -0.05) is 18.2 Å². The number of nitriles is 1. The number of aromatic nitrogens is 2. The summed E-state index contributed by atoms with van der Waals surface area (Å²) in [7, 11) is 1.47. The van der Waals surface area contributed by atoms with Gasteiger partial charge in [-0.2, -0.15) is 10.4 Å². The van der Waals surface area contributed by atoms with Gasteiger partial charge in [0.2, 0.25) is 0 Å². The Hall–Kier alpha value is -3.18. The summed E-state index contributed by atoms with van der Waals surface area (Å²) in [5.74, 6) is -0.348. The molecule has 0 atom stereocenters. The second-order valence-corrected chi connectivity index (χ2v) is 6.40. The van der Waals surface area contributed by atoms with Gasteiger partial charge in [-0.25, -0.2) is 9.48 Å². The summed E-state index contributed by atoms with van der Waals surface area (Å²) in [5, 5.41) is 13.9. The number of ether oxygens (including phenoxy) is 2. The molecule has 0 amide bonds. The van der Waals surface area contributed by atoms with Gasteiger partial charge in [0.05, 0.1) is 28.1 Å². The number of halogens is 1. The lowest BCUT2D eigenvalue weighted by Gasteiger charge is -2.13. The van der Waals surface area contributed by atoms with Crippen LogP contribution in [0.25, 0.3) is 10.8 Å². The third-order valence-electron chi connectivity index (χ3n) is 3.78. The first kappa shape index (κ1) is 18.6. The number of hydrogen-bond donors (Lipinski definition) is 0. The van der Waals surface area contributed by atoms with Crippen LogP contribution in [0.15, 0.2) is 45.7 Å². The van der Waals surface area contributed by atoms with E-state index in [1.165, 1.54) is 19.2 Å². The van der Waals surface area contributed by atoms with Crippen molar-refractivity contribution >= 4 is 32.7 Å². The van der Waals surface area contributed by atoms with Gasteiger partial charge in [0.1, 0.15) is 0 Å². The Morgan fingerprint density at radius 3 is 2.67 bits per heavy atom. The minimum absolute atomic E-state index is 0.00593. The molecule has 2 aromatic carbocycles. The normalized spacial score (nSPS) is 10.4. The summed E-state index contributed by atoms with van der Waals surface area (Å²) in [4.78, 5) is 25.0. The Morgan fingerprint density at radius 1 is 1.30 bits per heavy atom. The number of rotatable bonds is 4. The maximum Gasteiger partial charge on any atom is 0.365 e. The fourth-order valence-corrected chi connectivity index (χ4v) is 3.11. The zero-order valence-electron chi connectivity index (χ0n) is 14.5. The molecule has 27 heavy (non-hydrogen) atoms. The van der Waals surface area contributed by atoms with Crippen LogP contribution >= 0.6 is 15.9 Å². The van der Waals surface area contributed by atoms with Crippen LogP contribution < -0.4 is 15.0 Å². The maximum absolute atomic E-state index is 12.8. The highest BCUT2D eigenvalue weighted by Gasteiger charge is 2.21. The van der Waals surface area contributed by atoms with Gasteiger partial charge in [-0.15, -0.1) is 0 Å². The number of carbonyl (C=O) groups is 1. The van der Waals surface area contributed by atoms with E-state index in [1.807, 2.05) is 6.07 Å². The van der Waals surface area contributed by atoms with Crippen LogP contribution in [0, 0.1) is 11.3 Å². The molecule has 0 aliphatic rings. The van der Waals surface area contributed by atoms with E-state index in [9.17, 15) is 9.59 Å².